The number of sulfonamides is 2. The van der Waals surface area contributed by atoms with E-state index in [1.807, 2.05) is 194 Å². The van der Waals surface area contributed by atoms with Crippen LogP contribution >= 0.6 is 0 Å². The molecule has 566 valence electrons. The molecule has 12 rings (SSSR count). The van der Waals surface area contributed by atoms with E-state index in [1.54, 1.807) is 42.5 Å². The fraction of sp³-hybridized carbons (Fsp3) is 0.133. The highest BCUT2D eigenvalue weighted by molar-refractivity contribution is 7.92. The molecule has 21 heteroatoms. The lowest BCUT2D eigenvalue weighted by atomic mass is 9.92. The fourth-order valence-corrected chi connectivity index (χ4v) is 13.5. The molecule has 12 aromatic carbocycles. The van der Waals surface area contributed by atoms with Gasteiger partial charge >= 0.3 is 6.09 Å². The molecule has 0 bridgehead atoms. The lowest BCUT2D eigenvalue weighted by molar-refractivity contribution is -0.118. The third-order valence-corrected chi connectivity index (χ3v) is 18.7. The van der Waals surface area contributed by atoms with E-state index in [9.17, 15) is 45.6 Å². The molecule has 0 aliphatic heterocycles. The summed E-state index contributed by atoms with van der Waals surface area (Å²) in [6.07, 6.45) is 4.88. The summed E-state index contributed by atoms with van der Waals surface area (Å²) in [5, 5.41) is 5.48. The van der Waals surface area contributed by atoms with Crippen molar-refractivity contribution in [3.8, 4) is 89.0 Å². The van der Waals surface area contributed by atoms with Gasteiger partial charge in [0.15, 0.2) is 0 Å². The third-order valence-electron chi connectivity index (χ3n) is 17.5. The van der Waals surface area contributed by atoms with Crippen LogP contribution in [-0.4, -0.2) is 72.1 Å². The number of hydrogen-bond donors (Lipinski definition) is 8. The number of rotatable bonds is 26. The molecule has 0 heterocycles. The number of nitrogens with one attached hydrogen (secondary N) is 4. The SMILES string of the molecule is CC(=O)Nc1cccc(-c2ccc(-c3ccccc3)cc2CCC(N)=O)c1.COC(=O)Nc1cccc(-c2ccc(-c3ccccc3)cc2CCC(N)=O)c1.CS(=O)(=O)Nc1cccc(-c2ccc(-c3ccccc3)cc2CCC(N)=O)c1.CS(=O)(=O)Nc1cccc(-c2ccc(-c3ccccc3)cc2CCC(N)=O)c1. The molecule has 0 fully saturated rings. The Kier molecular flexibility index (Phi) is 29.2. The first-order valence-corrected chi connectivity index (χ1v) is 39.4. The second-order valence-electron chi connectivity index (χ2n) is 26.2. The summed E-state index contributed by atoms with van der Waals surface area (Å²) in [7, 11) is -5.40. The van der Waals surface area contributed by atoms with Crippen molar-refractivity contribution in [2.45, 2.75) is 58.3 Å². The predicted octanol–water partition coefficient (Wildman–Crippen LogP) is 16.6. The Morgan fingerprint density at radius 3 is 0.757 bits per heavy atom. The Bertz CT molecular complexity index is 5320. The topological polar surface area (TPSA) is 332 Å². The molecule has 0 atom stereocenters. The molecule has 0 radical (unpaired) electrons. The van der Waals surface area contributed by atoms with E-state index in [0.717, 1.165) is 129 Å². The van der Waals surface area contributed by atoms with Crippen LogP contribution in [0.15, 0.2) is 291 Å². The van der Waals surface area contributed by atoms with Crippen LogP contribution in [0.5, 0.6) is 0 Å². The summed E-state index contributed by atoms with van der Waals surface area (Å²) in [4.78, 5) is 68.2. The molecule has 19 nitrogen and oxygen atoms in total. The minimum atomic E-state index is -3.36. The van der Waals surface area contributed by atoms with Gasteiger partial charge in [0.2, 0.25) is 49.6 Å². The number of aryl methyl sites for hydroxylation is 4. The summed E-state index contributed by atoms with van der Waals surface area (Å²) >= 11 is 0. The van der Waals surface area contributed by atoms with Crippen molar-refractivity contribution in [2.24, 2.45) is 22.9 Å². The van der Waals surface area contributed by atoms with Crippen LogP contribution < -0.4 is 43.0 Å². The lowest BCUT2D eigenvalue weighted by Gasteiger charge is -2.13. The Balaban J connectivity index is 0.000000170. The monoisotopic (exact) mass is 1520 g/mol. The molecule has 111 heavy (non-hydrogen) atoms. The number of carbonyl (C=O) groups is 6. The van der Waals surface area contributed by atoms with E-state index < -0.39 is 26.1 Å². The number of amides is 6. The largest absolute Gasteiger partial charge is 0.453 e. The van der Waals surface area contributed by atoms with Crippen LogP contribution in [0, 0.1) is 0 Å². The van der Waals surface area contributed by atoms with Gasteiger partial charge < -0.3 is 33.0 Å². The van der Waals surface area contributed by atoms with E-state index in [1.165, 1.54) is 14.0 Å². The van der Waals surface area contributed by atoms with Gasteiger partial charge in [-0.1, -0.05) is 243 Å². The zero-order chi connectivity index (χ0) is 79.5. The molecule has 0 aliphatic carbocycles. The molecule has 12 aromatic rings. The Morgan fingerprint density at radius 1 is 0.288 bits per heavy atom. The standard InChI is InChI=1S/C23H22N2O3.C23H22N2O2.2C22H22N2O3S/c1-28-23(27)25-20-9-5-8-18(15-20)21-12-10-17(16-6-3-2-4-7-16)14-19(21)11-13-22(24)26;1-16(26)25-21-9-5-8-19(15-21)22-12-10-18(17-6-3-2-4-7-17)14-20(22)11-13-23(24)27;2*1-28(26,27)24-20-9-5-8-18(15-20)21-12-10-17(16-6-3-2-4-7-16)14-19(21)11-13-22(23)25/h2-10,12,14-15H,11,13H2,1H3,(H2,24,26)(H,25,27);2-10,12,14-15H,11,13H2,1H3,(H2,24,27)(H,25,26);2*2-10,12,14-15,24H,11,13H2,1H3,(H2,23,25). The molecule has 0 aromatic heterocycles. The number of methoxy groups -OCH3 is 1. The first-order valence-electron chi connectivity index (χ1n) is 35.6. The van der Waals surface area contributed by atoms with E-state index >= 15 is 0 Å². The maximum Gasteiger partial charge on any atom is 0.411 e. The quantitative estimate of drug-likeness (QED) is 0.0252. The van der Waals surface area contributed by atoms with Gasteiger partial charge in [0.25, 0.3) is 0 Å². The molecule has 0 saturated carbocycles. The van der Waals surface area contributed by atoms with Crippen LogP contribution in [0.25, 0.3) is 89.0 Å². The average molecular weight is 1520 g/mol. The number of ether oxygens (including phenoxy) is 1. The lowest BCUT2D eigenvalue weighted by Crippen LogP contribution is -2.12. The van der Waals surface area contributed by atoms with E-state index in [0.29, 0.717) is 42.7 Å². The zero-order valence-corrected chi connectivity index (χ0v) is 63.6. The summed E-state index contributed by atoms with van der Waals surface area (Å²) in [6.45, 7) is 1.49. The first kappa shape index (κ1) is 81.8. The van der Waals surface area contributed by atoms with Crippen molar-refractivity contribution >= 4 is 78.4 Å². The summed E-state index contributed by atoms with van der Waals surface area (Å²) in [6, 6.07) is 94.3. The van der Waals surface area contributed by atoms with E-state index in [2.05, 4.69) is 79.4 Å². The van der Waals surface area contributed by atoms with Crippen LogP contribution in [0.3, 0.4) is 0 Å². The molecule has 12 N–H and O–H groups in total. The highest BCUT2D eigenvalue weighted by Crippen LogP contribution is 2.37. The second kappa shape index (κ2) is 39.6. The van der Waals surface area contributed by atoms with Gasteiger partial charge in [-0.25, -0.2) is 21.6 Å². The minimum Gasteiger partial charge on any atom is -0.453 e. The number of primary amides is 4. The van der Waals surface area contributed by atoms with Crippen molar-refractivity contribution in [1.82, 2.24) is 0 Å². The molecule has 0 aliphatic rings. The van der Waals surface area contributed by atoms with Gasteiger partial charge in [-0.3, -0.25) is 38.7 Å². The predicted molar refractivity (Wildman–Crippen MR) is 447 cm³/mol. The zero-order valence-electron chi connectivity index (χ0n) is 62.0. The van der Waals surface area contributed by atoms with Crippen LogP contribution in [-0.2, 0) is 74.4 Å². The van der Waals surface area contributed by atoms with Crippen LogP contribution in [0.2, 0.25) is 0 Å². The summed E-state index contributed by atoms with van der Waals surface area (Å²) < 4.78 is 55.8. The first-order chi connectivity index (χ1) is 53.2. The molecule has 0 saturated heterocycles. The van der Waals surface area contributed by atoms with Gasteiger partial charge in [-0.05, 0) is 185 Å². The normalized spacial score (nSPS) is 10.8. The number of carbonyl (C=O) groups excluding carboxylic acids is 6. The average Bonchev–Trinajstić information content (AvgIpc) is 0.825. The van der Waals surface area contributed by atoms with Crippen LogP contribution in [0.1, 0.15) is 54.9 Å². The Morgan fingerprint density at radius 2 is 0.523 bits per heavy atom. The third kappa shape index (κ3) is 26.0. The minimum absolute atomic E-state index is 0.111. The van der Waals surface area contributed by atoms with Gasteiger partial charge in [-0.2, -0.15) is 0 Å². The maximum atomic E-state index is 11.5. The van der Waals surface area contributed by atoms with Crippen molar-refractivity contribution in [3.05, 3.63) is 313 Å². The molecular formula is C90H88N8O11S2. The van der Waals surface area contributed by atoms with Gasteiger partial charge in [-0.15, -0.1) is 0 Å². The van der Waals surface area contributed by atoms with Crippen molar-refractivity contribution in [1.29, 1.82) is 0 Å². The van der Waals surface area contributed by atoms with E-state index in [-0.39, 0.29) is 55.2 Å². The highest BCUT2D eigenvalue weighted by Gasteiger charge is 2.17. The number of benzene rings is 12. The van der Waals surface area contributed by atoms with Crippen molar-refractivity contribution < 1.29 is 50.3 Å². The van der Waals surface area contributed by atoms with Crippen molar-refractivity contribution in [2.75, 3.05) is 39.7 Å². The Hall–Kier alpha value is -13.2. The number of anilines is 4. The number of hydrogen-bond acceptors (Lipinski definition) is 11. The maximum absolute atomic E-state index is 11.5. The van der Waals surface area contributed by atoms with Gasteiger partial charge in [0.05, 0.1) is 19.6 Å². The Labute approximate surface area is 648 Å². The van der Waals surface area contributed by atoms with Crippen LogP contribution in [0.4, 0.5) is 27.5 Å². The molecule has 6 amide bonds. The van der Waals surface area contributed by atoms with Gasteiger partial charge in [0, 0.05) is 55.4 Å². The molecular weight excluding hydrogens is 1430 g/mol. The number of nitrogens with two attached hydrogens (primary N) is 4. The highest BCUT2D eigenvalue weighted by atomic mass is 32.2. The summed E-state index contributed by atoms with van der Waals surface area (Å²) in [5.41, 5.74) is 44.1. The fourth-order valence-electron chi connectivity index (χ4n) is 12.4. The van der Waals surface area contributed by atoms with Gasteiger partial charge in [0.1, 0.15) is 0 Å². The molecule has 0 unspecified atom stereocenters. The smallest absolute Gasteiger partial charge is 0.411 e. The summed E-state index contributed by atoms with van der Waals surface area (Å²) in [5.74, 6) is -1.48. The molecule has 0 spiro atoms. The second-order valence-corrected chi connectivity index (χ2v) is 29.7. The van der Waals surface area contributed by atoms with E-state index in [4.69, 9.17) is 22.9 Å². The van der Waals surface area contributed by atoms with Crippen molar-refractivity contribution in [3.63, 3.8) is 0 Å².